The number of halogens is 1. The average Bonchev–Trinajstić information content (AvgIpc) is 2.79. The molecule has 0 aliphatic heterocycles. The summed E-state index contributed by atoms with van der Waals surface area (Å²) in [4.78, 5) is 2.44. The van der Waals surface area contributed by atoms with Crippen LogP contribution < -0.4 is 0 Å². The van der Waals surface area contributed by atoms with E-state index in [-0.39, 0.29) is 0 Å². The fourth-order valence-electron chi connectivity index (χ4n) is 2.26. The van der Waals surface area contributed by atoms with Crippen molar-refractivity contribution < 1.29 is 0 Å². The zero-order valence-electron chi connectivity index (χ0n) is 12.1. The first-order valence-electron chi connectivity index (χ1n) is 6.96. The standard InChI is InChI=1S/C14H26ClN3/c1-5-14(6-2)17(10-8-15)11-13-7-9-18(16-13)12(3)4/h7,9,12,14H,5-6,8,10-11H2,1-4H3. The summed E-state index contributed by atoms with van der Waals surface area (Å²) in [5.41, 5.74) is 1.14. The number of rotatable bonds is 8. The minimum absolute atomic E-state index is 0.424. The number of aromatic nitrogens is 2. The van der Waals surface area contributed by atoms with Crippen LogP contribution in [0.1, 0.15) is 52.3 Å². The van der Waals surface area contributed by atoms with Crippen LogP contribution >= 0.6 is 11.6 Å². The average molecular weight is 272 g/mol. The van der Waals surface area contributed by atoms with Crippen molar-refractivity contribution >= 4 is 11.6 Å². The smallest absolute Gasteiger partial charge is 0.0765 e. The minimum Gasteiger partial charge on any atom is -0.293 e. The Hall–Kier alpha value is -0.540. The molecule has 0 radical (unpaired) electrons. The lowest BCUT2D eigenvalue weighted by molar-refractivity contribution is 0.185. The molecule has 0 atom stereocenters. The highest BCUT2D eigenvalue weighted by Crippen LogP contribution is 2.13. The maximum atomic E-state index is 5.91. The normalized spacial score (nSPS) is 12.0. The van der Waals surface area contributed by atoms with Crippen LogP contribution in [0.25, 0.3) is 0 Å². The van der Waals surface area contributed by atoms with E-state index in [9.17, 15) is 0 Å². The number of nitrogens with zero attached hydrogens (tertiary/aromatic N) is 3. The number of hydrogen-bond donors (Lipinski definition) is 0. The first kappa shape index (κ1) is 15.5. The second-order valence-corrected chi connectivity index (χ2v) is 5.39. The van der Waals surface area contributed by atoms with Gasteiger partial charge in [0.25, 0.3) is 0 Å². The van der Waals surface area contributed by atoms with Crippen molar-refractivity contribution in [3.05, 3.63) is 18.0 Å². The van der Waals surface area contributed by atoms with Gasteiger partial charge in [-0.1, -0.05) is 13.8 Å². The predicted molar refractivity (Wildman–Crippen MR) is 78.1 cm³/mol. The highest BCUT2D eigenvalue weighted by molar-refractivity contribution is 6.18. The van der Waals surface area contributed by atoms with Crippen LogP contribution in [-0.2, 0) is 6.54 Å². The summed E-state index contributed by atoms with van der Waals surface area (Å²) in [6.07, 6.45) is 4.39. The van der Waals surface area contributed by atoms with Crippen LogP contribution in [-0.4, -0.2) is 33.1 Å². The molecule has 1 rings (SSSR count). The first-order valence-corrected chi connectivity index (χ1v) is 7.49. The summed E-state index contributed by atoms with van der Waals surface area (Å²) >= 11 is 5.91. The van der Waals surface area contributed by atoms with Crippen molar-refractivity contribution in [3.63, 3.8) is 0 Å². The van der Waals surface area contributed by atoms with Gasteiger partial charge < -0.3 is 0 Å². The summed E-state index contributed by atoms with van der Waals surface area (Å²) in [5, 5.41) is 4.61. The van der Waals surface area contributed by atoms with Crippen molar-refractivity contribution in [3.8, 4) is 0 Å². The van der Waals surface area contributed by atoms with E-state index in [1.54, 1.807) is 0 Å². The van der Waals surface area contributed by atoms with Gasteiger partial charge in [-0.25, -0.2) is 0 Å². The molecule has 4 heteroatoms. The zero-order valence-corrected chi connectivity index (χ0v) is 12.8. The molecule has 1 aromatic heterocycles. The van der Waals surface area contributed by atoms with Crippen LogP contribution in [0.5, 0.6) is 0 Å². The number of alkyl halides is 1. The van der Waals surface area contributed by atoms with E-state index in [0.29, 0.717) is 18.0 Å². The molecule has 0 aromatic carbocycles. The molecular formula is C14H26ClN3. The van der Waals surface area contributed by atoms with Crippen LogP contribution in [0.2, 0.25) is 0 Å². The summed E-state index contributed by atoms with van der Waals surface area (Å²) in [5.74, 6) is 0.682. The molecule has 0 aliphatic rings. The van der Waals surface area contributed by atoms with Gasteiger partial charge in [0.1, 0.15) is 0 Å². The molecule has 0 saturated carbocycles. The topological polar surface area (TPSA) is 21.1 Å². The Labute approximate surface area is 116 Å². The van der Waals surface area contributed by atoms with E-state index in [4.69, 9.17) is 11.6 Å². The molecule has 1 heterocycles. The molecule has 0 aliphatic carbocycles. The van der Waals surface area contributed by atoms with E-state index in [2.05, 4.69) is 50.0 Å². The summed E-state index contributed by atoms with van der Waals surface area (Å²) in [7, 11) is 0. The van der Waals surface area contributed by atoms with Gasteiger partial charge in [-0.05, 0) is 32.8 Å². The number of hydrogen-bond acceptors (Lipinski definition) is 2. The Morgan fingerprint density at radius 2 is 2.00 bits per heavy atom. The molecule has 18 heavy (non-hydrogen) atoms. The van der Waals surface area contributed by atoms with Gasteiger partial charge in [0.15, 0.2) is 0 Å². The summed E-state index contributed by atoms with van der Waals surface area (Å²) < 4.78 is 2.01. The Morgan fingerprint density at radius 3 is 2.44 bits per heavy atom. The lowest BCUT2D eigenvalue weighted by Crippen LogP contribution is -2.35. The highest BCUT2D eigenvalue weighted by atomic mass is 35.5. The van der Waals surface area contributed by atoms with Gasteiger partial charge >= 0.3 is 0 Å². The first-order chi connectivity index (χ1) is 8.62. The van der Waals surface area contributed by atoms with Gasteiger partial charge in [-0.3, -0.25) is 9.58 Å². The zero-order chi connectivity index (χ0) is 13.5. The molecule has 3 nitrogen and oxygen atoms in total. The maximum absolute atomic E-state index is 5.91. The third kappa shape index (κ3) is 4.29. The van der Waals surface area contributed by atoms with Gasteiger partial charge in [-0.15, -0.1) is 11.6 Å². The molecule has 0 fully saturated rings. The largest absolute Gasteiger partial charge is 0.293 e. The highest BCUT2D eigenvalue weighted by Gasteiger charge is 2.16. The van der Waals surface area contributed by atoms with E-state index in [0.717, 1.165) is 31.6 Å². The van der Waals surface area contributed by atoms with Crippen molar-refractivity contribution in [2.45, 2.75) is 59.2 Å². The lowest BCUT2D eigenvalue weighted by atomic mass is 10.1. The second kappa shape index (κ2) is 7.80. The summed E-state index contributed by atoms with van der Waals surface area (Å²) in [6, 6.07) is 3.14. The minimum atomic E-state index is 0.424. The Kier molecular flexibility index (Phi) is 6.72. The van der Waals surface area contributed by atoms with E-state index >= 15 is 0 Å². The molecular weight excluding hydrogens is 246 g/mol. The van der Waals surface area contributed by atoms with Gasteiger partial charge in [0.05, 0.1) is 5.69 Å². The molecule has 0 bridgehead atoms. The molecule has 0 N–H and O–H groups in total. The second-order valence-electron chi connectivity index (χ2n) is 5.01. The van der Waals surface area contributed by atoms with Gasteiger partial charge in [0.2, 0.25) is 0 Å². The molecule has 0 unspecified atom stereocenters. The molecule has 0 amide bonds. The molecule has 104 valence electrons. The Morgan fingerprint density at radius 1 is 1.33 bits per heavy atom. The third-order valence-electron chi connectivity index (χ3n) is 3.39. The monoisotopic (exact) mass is 271 g/mol. The van der Waals surface area contributed by atoms with Crippen molar-refractivity contribution in [2.75, 3.05) is 12.4 Å². The predicted octanol–water partition coefficient (Wildman–Crippen LogP) is 3.69. The SMILES string of the molecule is CCC(CC)N(CCCl)Cc1ccn(C(C)C)n1. The van der Waals surface area contributed by atoms with Gasteiger partial charge in [0, 0.05) is 37.3 Å². The Bertz CT molecular complexity index is 332. The maximum Gasteiger partial charge on any atom is 0.0765 e. The van der Waals surface area contributed by atoms with Crippen LogP contribution in [0.15, 0.2) is 12.3 Å². The van der Waals surface area contributed by atoms with E-state index < -0.39 is 0 Å². The molecule has 0 spiro atoms. The van der Waals surface area contributed by atoms with E-state index in [1.165, 1.54) is 0 Å². The van der Waals surface area contributed by atoms with Crippen LogP contribution in [0, 0.1) is 0 Å². The van der Waals surface area contributed by atoms with E-state index in [1.807, 2.05) is 4.68 Å². The van der Waals surface area contributed by atoms with Crippen molar-refractivity contribution in [1.82, 2.24) is 14.7 Å². The quantitative estimate of drug-likeness (QED) is 0.673. The van der Waals surface area contributed by atoms with Gasteiger partial charge in [-0.2, -0.15) is 5.10 Å². The fourth-order valence-corrected chi connectivity index (χ4v) is 2.48. The molecule has 0 saturated heterocycles. The summed E-state index contributed by atoms with van der Waals surface area (Å²) in [6.45, 7) is 10.6. The fraction of sp³-hybridized carbons (Fsp3) is 0.786. The van der Waals surface area contributed by atoms with Crippen molar-refractivity contribution in [2.24, 2.45) is 0 Å². The lowest BCUT2D eigenvalue weighted by Gasteiger charge is -2.29. The van der Waals surface area contributed by atoms with Crippen LogP contribution in [0.4, 0.5) is 0 Å². The molecule has 1 aromatic rings. The van der Waals surface area contributed by atoms with Crippen molar-refractivity contribution in [1.29, 1.82) is 0 Å². The Balaban J connectivity index is 2.69. The van der Waals surface area contributed by atoms with Crippen LogP contribution in [0.3, 0.4) is 0 Å². The third-order valence-corrected chi connectivity index (χ3v) is 3.56.